The maximum atomic E-state index is 10.9. The molecular weight excluding hydrogens is 319 g/mol. The topological polar surface area (TPSA) is 94.6 Å². The average molecular weight is 340 g/mol. The van der Waals surface area contributed by atoms with Crippen LogP contribution in [-0.2, 0) is 0 Å². The van der Waals surface area contributed by atoms with Crippen LogP contribution in [0.15, 0.2) is 24.5 Å². The Hall–Kier alpha value is -2.72. The van der Waals surface area contributed by atoms with Gasteiger partial charge in [0.1, 0.15) is 17.4 Å². The van der Waals surface area contributed by atoms with E-state index in [4.69, 9.17) is 11.0 Å². The molecule has 4 rings (SSSR count). The lowest BCUT2D eigenvalue weighted by molar-refractivity contribution is 0.477. The smallest absolute Gasteiger partial charge is 0.141 e. The van der Waals surface area contributed by atoms with Crippen LogP contribution in [0.1, 0.15) is 25.0 Å². The van der Waals surface area contributed by atoms with E-state index in [0.29, 0.717) is 18.7 Å². The second-order valence-corrected chi connectivity index (χ2v) is 5.93. The molecule has 3 aromatic heterocycles. The van der Waals surface area contributed by atoms with Crippen molar-refractivity contribution in [3.8, 4) is 6.07 Å². The molecule has 0 amide bonds. The molecule has 0 aliphatic carbocycles. The van der Waals surface area contributed by atoms with Crippen LogP contribution in [0, 0.1) is 11.3 Å². The molecule has 0 bridgehead atoms. The van der Waals surface area contributed by atoms with Gasteiger partial charge in [-0.1, -0.05) is 0 Å². The molecule has 0 unspecified atom stereocenters. The molecule has 0 saturated carbocycles. The Kier molecular flexibility index (Phi) is 5.41. The number of nitrogens with one attached hydrogen (secondary N) is 1. The maximum absolute atomic E-state index is 10.9. The van der Waals surface area contributed by atoms with Crippen molar-refractivity contribution in [1.29, 1.82) is 5.26 Å². The molecule has 25 heavy (non-hydrogen) atoms. The normalized spacial score (nSPS) is 13.7. The second kappa shape index (κ2) is 7.90. The average Bonchev–Trinajstić information content (AvgIpc) is 3.30. The highest BCUT2D eigenvalue weighted by atomic mass is 19.1. The highest BCUT2D eigenvalue weighted by Crippen LogP contribution is 2.34. The Balaban J connectivity index is 0.000000324. The molecule has 6 nitrogen and oxygen atoms in total. The van der Waals surface area contributed by atoms with Gasteiger partial charge in [0.25, 0.3) is 0 Å². The quantitative estimate of drug-likeness (QED) is 0.764. The van der Waals surface area contributed by atoms with Crippen molar-refractivity contribution in [3.63, 3.8) is 0 Å². The van der Waals surface area contributed by atoms with Crippen molar-refractivity contribution in [2.24, 2.45) is 5.73 Å². The Morgan fingerprint density at radius 3 is 2.76 bits per heavy atom. The molecule has 7 heteroatoms. The summed E-state index contributed by atoms with van der Waals surface area (Å²) < 4.78 is 10.9. The summed E-state index contributed by atoms with van der Waals surface area (Å²) >= 11 is 0. The zero-order chi connectivity index (χ0) is 17.6. The molecule has 3 aromatic rings. The minimum absolute atomic E-state index is 0.281. The van der Waals surface area contributed by atoms with E-state index < -0.39 is 0 Å². The number of aromatic amines is 1. The number of rotatable bonds is 3. The van der Waals surface area contributed by atoms with Crippen molar-refractivity contribution in [1.82, 2.24) is 15.0 Å². The summed E-state index contributed by atoms with van der Waals surface area (Å²) in [6, 6.07) is 6.01. The van der Waals surface area contributed by atoms with Gasteiger partial charge in [-0.15, -0.1) is 0 Å². The molecule has 0 spiro atoms. The number of H-pyrrole nitrogens is 1. The fourth-order valence-corrected chi connectivity index (χ4v) is 3.06. The molecule has 130 valence electrons. The van der Waals surface area contributed by atoms with E-state index in [9.17, 15) is 4.39 Å². The molecule has 3 N–H and O–H groups in total. The SMILES string of the molecule is N#Cc1cc2c(cn1)[nH]c1nccc(N3CCCC3)c12.NCCCF. The predicted octanol–water partition coefficient (Wildman–Crippen LogP) is 2.89. The van der Waals surface area contributed by atoms with Gasteiger partial charge < -0.3 is 15.6 Å². The summed E-state index contributed by atoms with van der Waals surface area (Å²) in [6.45, 7) is 2.36. The lowest BCUT2D eigenvalue weighted by atomic mass is 10.1. The number of aromatic nitrogens is 3. The van der Waals surface area contributed by atoms with E-state index >= 15 is 0 Å². The second-order valence-electron chi connectivity index (χ2n) is 5.93. The molecule has 4 heterocycles. The Morgan fingerprint density at radius 1 is 1.32 bits per heavy atom. The van der Waals surface area contributed by atoms with E-state index in [1.165, 1.54) is 18.5 Å². The zero-order valence-corrected chi connectivity index (χ0v) is 14.0. The van der Waals surface area contributed by atoms with Crippen LogP contribution in [0.25, 0.3) is 21.9 Å². The summed E-state index contributed by atoms with van der Waals surface area (Å²) in [7, 11) is 0. The van der Waals surface area contributed by atoms with Crippen LogP contribution in [-0.4, -0.2) is 41.3 Å². The van der Waals surface area contributed by atoms with Crippen LogP contribution >= 0.6 is 0 Å². The minimum Gasteiger partial charge on any atom is -0.371 e. The number of nitrogens with zero attached hydrogens (tertiary/aromatic N) is 4. The van der Waals surface area contributed by atoms with Gasteiger partial charge in [-0.25, -0.2) is 9.97 Å². The van der Waals surface area contributed by atoms with Gasteiger partial charge in [0, 0.05) is 30.4 Å². The van der Waals surface area contributed by atoms with Gasteiger partial charge in [-0.3, -0.25) is 4.39 Å². The van der Waals surface area contributed by atoms with Crippen molar-refractivity contribution >= 4 is 27.6 Å². The number of pyridine rings is 2. The zero-order valence-electron chi connectivity index (χ0n) is 14.0. The van der Waals surface area contributed by atoms with E-state index in [0.717, 1.165) is 35.0 Å². The van der Waals surface area contributed by atoms with Crippen molar-refractivity contribution in [2.75, 3.05) is 31.2 Å². The first-order valence-electron chi connectivity index (χ1n) is 8.46. The molecule has 0 aromatic carbocycles. The number of hydrogen-bond donors (Lipinski definition) is 2. The molecule has 1 aliphatic rings. The van der Waals surface area contributed by atoms with E-state index in [2.05, 4.69) is 32.0 Å². The Bertz CT molecular complexity index is 890. The standard InChI is InChI=1S/C15H13N5.C3H8FN/c16-8-10-7-11-12(9-18-10)19-15-14(11)13(3-4-17-15)20-5-1-2-6-20;4-2-1-3-5/h3-4,7,9H,1-2,5-6H2,(H,17,19);1-3,5H2. The molecule has 0 atom stereocenters. The number of halogens is 1. The molecule has 1 saturated heterocycles. The first kappa shape index (κ1) is 17.1. The van der Waals surface area contributed by atoms with Crippen LogP contribution in [0.3, 0.4) is 0 Å². The van der Waals surface area contributed by atoms with Gasteiger partial charge in [0.15, 0.2) is 0 Å². The third kappa shape index (κ3) is 3.54. The van der Waals surface area contributed by atoms with Crippen LogP contribution in [0.5, 0.6) is 0 Å². The van der Waals surface area contributed by atoms with Gasteiger partial charge in [-0.05, 0) is 37.9 Å². The molecule has 1 fully saturated rings. The van der Waals surface area contributed by atoms with Crippen LogP contribution < -0.4 is 10.6 Å². The first-order chi connectivity index (χ1) is 12.3. The number of alkyl halides is 1. The van der Waals surface area contributed by atoms with Crippen LogP contribution in [0.4, 0.5) is 10.1 Å². The minimum atomic E-state index is -0.281. The van der Waals surface area contributed by atoms with E-state index in [-0.39, 0.29) is 6.67 Å². The van der Waals surface area contributed by atoms with Crippen LogP contribution in [0.2, 0.25) is 0 Å². The Labute approximate surface area is 145 Å². The number of nitrogens with two attached hydrogens (primary N) is 1. The number of anilines is 1. The lowest BCUT2D eigenvalue weighted by Crippen LogP contribution is -2.17. The van der Waals surface area contributed by atoms with E-state index in [1.807, 2.05) is 12.3 Å². The van der Waals surface area contributed by atoms with E-state index in [1.54, 1.807) is 6.20 Å². The third-order valence-electron chi connectivity index (χ3n) is 4.25. The van der Waals surface area contributed by atoms with Gasteiger partial charge in [-0.2, -0.15) is 5.26 Å². The van der Waals surface area contributed by atoms with Gasteiger partial charge in [0.2, 0.25) is 0 Å². The number of hydrogen-bond acceptors (Lipinski definition) is 5. The largest absolute Gasteiger partial charge is 0.371 e. The molecule has 1 aliphatic heterocycles. The maximum Gasteiger partial charge on any atom is 0.141 e. The summed E-state index contributed by atoms with van der Waals surface area (Å²) in [5.74, 6) is 0. The highest BCUT2D eigenvalue weighted by Gasteiger charge is 2.18. The first-order valence-corrected chi connectivity index (χ1v) is 8.46. The summed E-state index contributed by atoms with van der Waals surface area (Å²) in [5, 5.41) is 11.2. The van der Waals surface area contributed by atoms with Crippen molar-refractivity contribution in [2.45, 2.75) is 19.3 Å². The van der Waals surface area contributed by atoms with Gasteiger partial charge in [0.05, 0.1) is 23.8 Å². The monoisotopic (exact) mass is 340 g/mol. The van der Waals surface area contributed by atoms with Crippen molar-refractivity contribution < 1.29 is 4.39 Å². The number of fused-ring (bicyclic) bond motifs is 3. The van der Waals surface area contributed by atoms with Gasteiger partial charge >= 0.3 is 0 Å². The summed E-state index contributed by atoms with van der Waals surface area (Å²) in [5.41, 5.74) is 8.33. The molecule has 0 radical (unpaired) electrons. The predicted molar refractivity (Wildman–Crippen MR) is 97.2 cm³/mol. The lowest BCUT2D eigenvalue weighted by Gasteiger charge is -2.18. The highest BCUT2D eigenvalue weighted by molar-refractivity contribution is 6.12. The fourth-order valence-electron chi connectivity index (χ4n) is 3.06. The summed E-state index contributed by atoms with van der Waals surface area (Å²) in [6.07, 6.45) is 6.52. The third-order valence-corrected chi connectivity index (χ3v) is 4.25. The Morgan fingerprint density at radius 2 is 2.12 bits per heavy atom. The fraction of sp³-hybridized carbons (Fsp3) is 0.389. The molecular formula is C18H21FN6. The number of nitriles is 1. The van der Waals surface area contributed by atoms with Crippen molar-refractivity contribution in [3.05, 3.63) is 30.2 Å². The summed E-state index contributed by atoms with van der Waals surface area (Å²) in [4.78, 5) is 14.2.